The number of nitrogens with one attached hydrogen (secondary N) is 2. The molecule has 1 atom stereocenters. The van der Waals surface area contributed by atoms with Gasteiger partial charge in [-0.2, -0.15) is 0 Å². The first-order chi connectivity index (χ1) is 16.7. The fraction of sp³-hybridized carbons (Fsp3) is 0.160. The van der Waals surface area contributed by atoms with E-state index in [0.29, 0.717) is 34.0 Å². The summed E-state index contributed by atoms with van der Waals surface area (Å²) in [6.45, 7) is 3.35. The molecule has 2 heterocycles. The van der Waals surface area contributed by atoms with Crippen LogP contribution in [-0.2, 0) is 0 Å². The van der Waals surface area contributed by atoms with E-state index in [1.165, 1.54) is 24.3 Å². The lowest BCUT2D eigenvalue weighted by Gasteiger charge is -2.08. The smallest absolute Gasteiger partial charge is 0.352 e. The molecule has 0 aliphatic carbocycles. The second kappa shape index (κ2) is 11.3. The van der Waals surface area contributed by atoms with E-state index in [1.807, 2.05) is 6.92 Å². The summed E-state index contributed by atoms with van der Waals surface area (Å²) in [7, 11) is 0. The highest BCUT2D eigenvalue weighted by molar-refractivity contribution is 5.87. The Labute approximate surface area is 200 Å². The number of rotatable bonds is 6. The van der Waals surface area contributed by atoms with E-state index in [-0.39, 0.29) is 23.9 Å². The maximum atomic E-state index is 13.2. The molecular formula is C25H25F2N5O3. The minimum Gasteiger partial charge on any atom is -0.477 e. The van der Waals surface area contributed by atoms with E-state index in [9.17, 15) is 13.6 Å². The summed E-state index contributed by atoms with van der Waals surface area (Å²) in [5.41, 5.74) is 9.36. The zero-order valence-electron chi connectivity index (χ0n) is 19.1. The Morgan fingerprint density at radius 3 is 2.54 bits per heavy atom. The SMILES string of the molecule is Cc1ccc(C(N)CO)cc1F.Cc1cnc(Nc2cccc(F)c2)nc1-c1c[nH]c(C(=O)O)c1. The van der Waals surface area contributed by atoms with Crippen LogP contribution < -0.4 is 11.1 Å². The molecule has 0 fully saturated rings. The molecule has 2 aromatic carbocycles. The third-order valence-corrected chi connectivity index (χ3v) is 5.06. The molecule has 182 valence electrons. The number of aromatic carboxylic acids is 1. The highest BCUT2D eigenvalue weighted by Crippen LogP contribution is 2.24. The van der Waals surface area contributed by atoms with Gasteiger partial charge >= 0.3 is 5.97 Å². The third kappa shape index (κ3) is 6.69. The molecule has 1 unspecified atom stereocenters. The second-order valence-corrected chi connectivity index (χ2v) is 7.77. The van der Waals surface area contributed by atoms with Crippen molar-refractivity contribution >= 4 is 17.6 Å². The number of carboxylic acid groups (broad SMARTS) is 1. The van der Waals surface area contributed by atoms with Crippen LogP contribution in [0.4, 0.5) is 20.4 Å². The number of carbonyl (C=O) groups is 1. The molecule has 0 bridgehead atoms. The van der Waals surface area contributed by atoms with Crippen molar-refractivity contribution in [3.8, 4) is 11.3 Å². The van der Waals surface area contributed by atoms with Gasteiger partial charge in [-0.05, 0) is 60.9 Å². The predicted octanol–water partition coefficient (Wildman–Crippen LogP) is 4.49. The van der Waals surface area contributed by atoms with Crippen LogP contribution in [0.1, 0.15) is 33.2 Å². The Bertz CT molecular complexity index is 1330. The average Bonchev–Trinajstić information content (AvgIpc) is 3.33. The van der Waals surface area contributed by atoms with E-state index in [1.54, 1.807) is 43.6 Å². The molecule has 0 aliphatic heterocycles. The minimum absolute atomic E-state index is 0.0812. The number of aliphatic hydroxyl groups excluding tert-OH is 1. The van der Waals surface area contributed by atoms with Gasteiger partial charge in [-0.15, -0.1) is 0 Å². The van der Waals surface area contributed by atoms with Gasteiger partial charge in [0.2, 0.25) is 5.95 Å². The number of anilines is 2. The van der Waals surface area contributed by atoms with Crippen molar-refractivity contribution in [1.29, 1.82) is 0 Å². The van der Waals surface area contributed by atoms with Crippen molar-refractivity contribution in [2.75, 3.05) is 11.9 Å². The Kier molecular flexibility index (Phi) is 8.24. The molecule has 10 heteroatoms. The Balaban J connectivity index is 0.000000241. The number of halogens is 2. The van der Waals surface area contributed by atoms with E-state index >= 15 is 0 Å². The van der Waals surface area contributed by atoms with Gasteiger partial charge in [0.25, 0.3) is 0 Å². The number of aliphatic hydroxyl groups is 1. The molecule has 0 radical (unpaired) electrons. The van der Waals surface area contributed by atoms with Crippen molar-refractivity contribution < 1.29 is 23.8 Å². The Hall–Kier alpha value is -4.15. The fourth-order valence-electron chi connectivity index (χ4n) is 3.09. The normalized spacial score (nSPS) is 11.4. The second-order valence-electron chi connectivity index (χ2n) is 7.77. The van der Waals surface area contributed by atoms with Crippen LogP contribution in [-0.4, -0.2) is 37.7 Å². The van der Waals surface area contributed by atoms with E-state index < -0.39 is 12.0 Å². The predicted molar refractivity (Wildman–Crippen MR) is 128 cm³/mol. The highest BCUT2D eigenvalue weighted by Gasteiger charge is 2.12. The van der Waals surface area contributed by atoms with Gasteiger partial charge in [0, 0.05) is 23.6 Å². The molecule has 2 aromatic heterocycles. The zero-order chi connectivity index (χ0) is 25.5. The maximum Gasteiger partial charge on any atom is 0.352 e. The summed E-state index contributed by atoms with van der Waals surface area (Å²) in [6.07, 6.45) is 3.20. The summed E-state index contributed by atoms with van der Waals surface area (Å²) < 4.78 is 26.2. The molecule has 8 nitrogen and oxygen atoms in total. The number of nitrogens with zero attached hydrogens (tertiary/aromatic N) is 2. The van der Waals surface area contributed by atoms with Crippen molar-refractivity contribution in [3.63, 3.8) is 0 Å². The number of benzene rings is 2. The first-order valence-electron chi connectivity index (χ1n) is 10.6. The van der Waals surface area contributed by atoms with E-state index in [0.717, 1.165) is 5.56 Å². The van der Waals surface area contributed by atoms with Crippen LogP contribution in [0.2, 0.25) is 0 Å². The first kappa shape index (κ1) is 25.5. The molecule has 35 heavy (non-hydrogen) atoms. The molecule has 0 saturated carbocycles. The number of H-pyrrole nitrogens is 1. The lowest BCUT2D eigenvalue weighted by molar-refractivity contribution is 0.0691. The molecule has 0 aliphatic rings. The van der Waals surface area contributed by atoms with E-state index in [2.05, 4.69) is 20.3 Å². The maximum absolute atomic E-state index is 13.2. The summed E-state index contributed by atoms with van der Waals surface area (Å²) in [6, 6.07) is 11.7. The van der Waals surface area contributed by atoms with Crippen LogP contribution in [0, 0.1) is 25.5 Å². The number of carboxylic acids is 1. The third-order valence-electron chi connectivity index (χ3n) is 5.06. The van der Waals surface area contributed by atoms with Crippen LogP contribution >= 0.6 is 0 Å². The molecular weight excluding hydrogens is 456 g/mol. The van der Waals surface area contributed by atoms with Gasteiger partial charge in [-0.25, -0.2) is 23.5 Å². The minimum atomic E-state index is -1.04. The van der Waals surface area contributed by atoms with Gasteiger partial charge < -0.3 is 26.2 Å². The van der Waals surface area contributed by atoms with Crippen molar-refractivity contribution in [3.05, 3.63) is 94.9 Å². The lowest BCUT2D eigenvalue weighted by atomic mass is 10.1. The zero-order valence-corrected chi connectivity index (χ0v) is 19.1. The summed E-state index contributed by atoms with van der Waals surface area (Å²) in [5, 5.41) is 20.6. The number of aryl methyl sites for hydroxylation is 2. The van der Waals surface area contributed by atoms with Crippen LogP contribution in [0.3, 0.4) is 0 Å². The summed E-state index contributed by atoms with van der Waals surface area (Å²) >= 11 is 0. The fourth-order valence-corrected chi connectivity index (χ4v) is 3.09. The summed E-state index contributed by atoms with van der Waals surface area (Å²) in [4.78, 5) is 22.2. The number of nitrogens with two attached hydrogens (primary N) is 1. The lowest BCUT2D eigenvalue weighted by Crippen LogP contribution is -2.14. The van der Waals surface area contributed by atoms with Crippen LogP contribution in [0.15, 0.2) is 60.9 Å². The molecule has 0 saturated heterocycles. The van der Waals surface area contributed by atoms with Gasteiger partial charge in [0.15, 0.2) is 0 Å². The van der Waals surface area contributed by atoms with Gasteiger partial charge in [-0.3, -0.25) is 0 Å². The van der Waals surface area contributed by atoms with E-state index in [4.69, 9.17) is 15.9 Å². The van der Waals surface area contributed by atoms with Gasteiger partial charge in [0.05, 0.1) is 18.3 Å². The molecule has 6 N–H and O–H groups in total. The van der Waals surface area contributed by atoms with Crippen LogP contribution in [0.25, 0.3) is 11.3 Å². The monoisotopic (exact) mass is 481 g/mol. The standard InChI is InChI=1S/C16H13FN4O2.C9H12FNO/c1-9-7-19-16(20-12-4-2-3-11(17)6-12)21-14(9)10-5-13(15(22)23)18-8-10;1-6-2-3-7(4-8(6)10)9(11)5-12/h2-8,18H,1H3,(H,22,23)(H,19,20,21);2-4,9,12H,5,11H2,1H3. The number of aromatic amines is 1. The number of hydrogen-bond donors (Lipinski definition) is 5. The topological polar surface area (TPSA) is 137 Å². The molecule has 0 amide bonds. The largest absolute Gasteiger partial charge is 0.477 e. The van der Waals surface area contributed by atoms with Crippen LogP contribution in [0.5, 0.6) is 0 Å². The van der Waals surface area contributed by atoms with Crippen molar-refractivity contribution in [2.45, 2.75) is 19.9 Å². The van der Waals surface area contributed by atoms with Crippen molar-refractivity contribution in [2.24, 2.45) is 5.73 Å². The molecule has 4 aromatic rings. The summed E-state index contributed by atoms with van der Waals surface area (Å²) in [5.74, 6) is -1.38. The Morgan fingerprint density at radius 2 is 1.91 bits per heavy atom. The highest BCUT2D eigenvalue weighted by atomic mass is 19.1. The Morgan fingerprint density at radius 1 is 1.14 bits per heavy atom. The quantitative estimate of drug-likeness (QED) is 0.274. The van der Waals surface area contributed by atoms with Crippen molar-refractivity contribution in [1.82, 2.24) is 15.0 Å². The number of aromatic nitrogens is 3. The molecule has 0 spiro atoms. The van der Waals surface area contributed by atoms with Gasteiger partial charge in [-0.1, -0.05) is 18.2 Å². The molecule has 4 rings (SSSR count). The average molecular weight is 482 g/mol. The number of hydrogen-bond acceptors (Lipinski definition) is 6. The first-order valence-corrected chi connectivity index (χ1v) is 10.6. The van der Waals surface area contributed by atoms with Gasteiger partial charge in [0.1, 0.15) is 17.3 Å².